The van der Waals surface area contributed by atoms with Gasteiger partial charge in [0.2, 0.25) is 0 Å². The van der Waals surface area contributed by atoms with Gasteiger partial charge >= 0.3 is 0 Å². The van der Waals surface area contributed by atoms with Crippen molar-refractivity contribution < 1.29 is 18.7 Å². The fourth-order valence-corrected chi connectivity index (χ4v) is 6.71. The molecule has 4 unspecified atom stereocenters. The van der Waals surface area contributed by atoms with E-state index >= 15 is 0 Å². The minimum Gasteiger partial charge on any atom is -0.372 e. The molecule has 0 N–H and O–H groups in total. The Balaban J connectivity index is 1.52. The van der Waals surface area contributed by atoms with Crippen LogP contribution in [0.1, 0.15) is 60.8 Å². The number of carbonyl (C=O) groups is 2. The number of Topliss-reactive ketones (excluding diaryl/α,β-unsaturated/α-hetero) is 1. The number of aldehydes is 1. The average molecular weight is 433 g/mol. The highest BCUT2D eigenvalue weighted by Gasteiger charge is 2.81. The molecule has 31 heavy (non-hydrogen) atoms. The Morgan fingerprint density at radius 2 is 1.81 bits per heavy atom. The van der Waals surface area contributed by atoms with Crippen LogP contribution in [-0.2, 0) is 14.3 Å². The van der Waals surface area contributed by atoms with Crippen LogP contribution in [0.15, 0.2) is 23.9 Å². The Morgan fingerprint density at radius 3 is 2.39 bits per heavy atom. The van der Waals surface area contributed by atoms with E-state index in [9.17, 15) is 14.0 Å². The number of carbonyl (C=O) groups excluding carboxylic acids is 2. The van der Waals surface area contributed by atoms with Crippen molar-refractivity contribution in [3.8, 4) is 0 Å². The van der Waals surface area contributed by atoms with Crippen molar-refractivity contribution in [2.24, 2.45) is 11.3 Å². The van der Waals surface area contributed by atoms with E-state index in [0.29, 0.717) is 12.2 Å². The predicted octanol–water partition coefficient (Wildman–Crippen LogP) is 3.69. The zero-order valence-electron chi connectivity index (χ0n) is 19.8. The lowest BCUT2D eigenvalue weighted by molar-refractivity contribution is -0.176. The van der Waals surface area contributed by atoms with Gasteiger partial charge in [0.15, 0.2) is 17.7 Å². The molecule has 1 heterocycles. The molecule has 0 aromatic rings. The van der Waals surface area contributed by atoms with E-state index in [1.165, 1.54) is 6.08 Å². The molecule has 1 saturated heterocycles. The Morgan fingerprint density at radius 1 is 1.16 bits per heavy atom. The normalized spacial score (nSPS) is 40.4. The van der Waals surface area contributed by atoms with Crippen molar-refractivity contribution in [1.29, 1.82) is 0 Å². The number of piperazine rings is 1. The van der Waals surface area contributed by atoms with Crippen molar-refractivity contribution in [2.75, 3.05) is 26.2 Å². The third kappa shape index (κ3) is 3.41. The van der Waals surface area contributed by atoms with Gasteiger partial charge in [-0.05, 0) is 64.0 Å². The first-order valence-electron chi connectivity index (χ1n) is 11.6. The molecular weight excluding hydrogens is 395 g/mol. The molecule has 0 amide bonds. The summed E-state index contributed by atoms with van der Waals surface area (Å²) in [6.07, 6.45) is 7.10. The Hall–Kier alpha value is -1.53. The molecule has 0 aromatic heterocycles. The van der Waals surface area contributed by atoms with Crippen molar-refractivity contribution in [3.05, 3.63) is 23.9 Å². The maximum Gasteiger partial charge on any atom is 0.189 e. The van der Waals surface area contributed by atoms with Crippen LogP contribution >= 0.6 is 0 Å². The Labute approximate surface area is 185 Å². The minimum absolute atomic E-state index is 0.0797. The van der Waals surface area contributed by atoms with Gasteiger partial charge in [0.1, 0.15) is 5.60 Å². The number of rotatable bonds is 4. The number of allylic oxidation sites excluding steroid dienone is 4. The molecule has 1 aliphatic heterocycles. The monoisotopic (exact) mass is 432 g/mol. The number of ether oxygens (including phenoxy) is 1. The molecule has 4 atom stereocenters. The quantitative estimate of drug-likeness (QED) is 0.634. The van der Waals surface area contributed by atoms with Gasteiger partial charge in [0.05, 0.1) is 11.1 Å². The Bertz CT molecular complexity index is 836. The zero-order chi connectivity index (χ0) is 22.9. The topological polar surface area (TPSA) is 49.9 Å². The first-order chi connectivity index (χ1) is 14.3. The third-order valence-corrected chi connectivity index (χ3v) is 8.04. The maximum absolute atomic E-state index is 14.5. The summed E-state index contributed by atoms with van der Waals surface area (Å²) in [6.45, 7) is 15.4. The third-order valence-electron chi connectivity index (χ3n) is 8.04. The van der Waals surface area contributed by atoms with E-state index in [1.54, 1.807) is 6.08 Å². The molecule has 3 fully saturated rings. The number of fused-ring (bicyclic) bond motifs is 1. The average Bonchev–Trinajstić information content (AvgIpc) is 3.20. The van der Waals surface area contributed by atoms with Crippen LogP contribution in [0, 0.1) is 11.3 Å². The van der Waals surface area contributed by atoms with Crippen LogP contribution in [0.5, 0.6) is 0 Å². The van der Waals surface area contributed by atoms with Crippen LogP contribution in [0.4, 0.5) is 4.39 Å². The van der Waals surface area contributed by atoms with E-state index in [1.807, 2.05) is 33.8 Å². The van der Waals surface area contributed by atoms with E-state index in [4.69, 9.17) is 4.74 Å². The summed E-state index contributed by atoms with van der Waals surface area (Å²) < 4.78 is 20.9. The van der Waals surface area contributed by atoms with Gasteiger partial charge in [-0.2, -0.15) is 0 Å². The van der Waals surface area contributed by atoms with Crippen molar-refractivity contribution in [1.82, 2.24) is 9.80 Å². The van der Waals surface area contributed by atoms with Crippen LogP contribution < -0.4 is 0 Å². The highest BCUT2D eigenvalue weighted by Crippen LogP contribution is 2.71. The van der Waals surface area contributed by atoms with Crippen LogP contribution in [-0.4, -0.2) is 70.5 Å². The predicted molar refractivity (Wildman–Crippen MR) is 118 cm³/mol. The van der Waals surface area contributed by atoms with Gasteiger partial charge in [0, 0.05) is 38.3 Å². The summed E-state index contributed by atoms with van der Waals surface area (Å²) in [7, 11) is 0. The van der Waals surface area contributed by atoms with Gasteiger partial charge in [-0.15, -0.1) is 0 Å². The van der Waals surface area contributed by atoms with Crippen LogP contribution in [0.25, 0.3) is 0 Å². The molecular formula is C25H37FN2O3. The SMILES string of the molecule is CC(C)(C)OC1(C)CCC2C(C)(C)C2(N2CCN(C3=CC=CC(F)(C=O)C3)CC2)C1=O. The number of hydrogen-bond acceptors (Lipinski definition) is 5. The second kappa shape index (κ2) is 6.98. The van der Waals surface area contributed by atoms with Gasteiger partial charge in [-0.25, -0.2) is 4.39 Å². The van der Waals surface area contributed by atoms with Crippen molar-refractivity contribution in [2.45, 2.75) is 83.2 Å². The summed E-state index contributed by atoms with van der Waals surface area (Å²) >= 11 is 0. The molecule has 0 radical (unpaired) electrons. The second-order valence-corrected chi connectivity index (χ2v) is 11.6. The zero-order valence-corrected chi connectivity index (χ0v) is 19.8. The summed E-state index contributed by atoms with van der Waals surface area (Å²) in [5, 5.41) is 0. The molecule has 172 valence electrons. The van der Waals surface area contributed by atoms with Gasteiger partial charge in [-0.1, -0.05) is 19.9 Å². The number of nitrogens with zero attached hydrogens (tertiary/aromatic N) is 2. The fraction of sp³-hybridized carbons (Fsp3) is 0.760. The van der Waals surface area contributed by atoms with E-state index in [-0.39, 0.29) is 23.2 Å². The molecule has 2 saturated carbocycles. The van der Waals surface area contributed by atoms with Crippen molar-refractivity contribution >= 4 is 12.1 Å². The lowest BCUT2D eigenvalue weighted by Crippen LogP contribution is -2.63. The number of hydrogen-bond donors (Lipinski definition) is 0. The molecule has 0 aromatic carbocycles. The second-order valence-electron chi connectivity index (χ2n) is 11.6. The lowest BCUT2D eigenvalue weighted by Gasteiger charge is -2.48. The standard InChI is InChI=1S/C25H37FN2O3/c1-21(2,3)31-23(6)11-9-19-22(4,5)25(19,20(23)30)28-14-12-27(13-15-28)18-8-7-10-24(26,16-18)17-29/h7-8,10,17,19H,9,11-16H2,1-6H3. The molecule has 6 heteroatoms. The van der Waals surface area contributed by atoms with E-state index < -0.39 is 16.8 Å². The molecule has 0 bridgehead atoms. The summed E-state index contributed by atoms with van der Waals surface area (Å²) in [4.78, 5) is 29.7. The van der Waals surface area contributed by atoms with E-state index in [0.717, 1.165) is 44.7 Å². The number of halogens is 1. The molecule has 3 aliphatic carbocycles. The fourth-order valence-electron chi connectivity index (χ4n) is 6.71. The lowest BCUT2D eigenvalue weighted by atomic mass is 9.79. The molecule has 4 aliphatic rings. The van der Waals surface area contributed by atoms with Gasteiger partial charge < -0.3 is 9.64 Å². The van der Waals surface area contributed by atoms with Gasteiger partial charge in [0.25, 0.3) is 0 Å². The molecule has 0 spiro atoms. The van der Waals surface area contributed by atoms with Crippen LogP contribution in [0.3, 0.4) is 0 Å². The number of alkyl halides is 1. The smallest absolute Gasteiger partial charge is 0.189 e. The van der Waals surface area contributed by atoms with E-state index in [2.05, 4.69) is 23.6 Å². The van der Waals surface area contributed by atoms with Gasteiger partial charge in [-0.3, -0.25) is 14.5 Å². The first kappa shape index (κ1) is 22.7. The maximum atomic E-state index is 14.5. The highest BCUT2D eigenvalue weighted by molar-refractivity contribution is 6.01. The summed E-state index contributed by atoms with van der Waals surface area (Å²) in [6, 6.07) is 0. The Kier molecular flexibility index (Phi) is 5.10. The van der Waals surface area contributed by atoms with Crippen LogP contribution in [0.2, 0.25) is 0 Å². The first-order valence-corrected chi connectivity index (χ1v) is 11.6. The summed E-state index contributed by atoms with van der Waals surface area (Å²) in [5.74, 6) is 0.578. The highest BCUT2D eigenvalue weighted by atomic mass is 19.1. The number of ketones is 1. The minimum atomic E-state index is -1.91. The van der Waals surface area contributed by atoms with Crippen molar-refractivity contribution in [3.63, 3.8) is 0 Å². The molecule has 5 nitrogen and oxygen atoms in total. The largest absolute Gasteiger partial charge is 0.372 e. The summed E-state index contributed by atoms with van der Waals surface area (Å²) in [5.41, 5.74) is -2.76. The molecule has 4 rings (SSSR count).